The molecule has 0 rings (SSSR count). The molecule has 0 saturated carbocycles. The largest absolute Gasteiger partial charge is 0.326 e. The van der Waals surface area contributed by atoms with E-state index in [-0.39, 0.29) is 0 Å². The van der Waals surface area contributed by atoms with Gasteiger partial charge in [-0.2, -0.15) is 0 Å². The third-order valence-electron chi connectivity index (χ3n) is 4.22. The van der Waals surface area contributed by atoms with E-state index in [1.165, 1.54) is 89.9 Å². The highest BCUT2D eigenvalue weighted by Gasteiger charge is 1.95. The zero-order valence-electron chi connectivity index (χ0n) is 14.8. The van der Waals surface area contributed by atoms with Crippen LogP contribution in [-0.2, 0) is 9.09 Å². The Morgan fingerprint density at radius 1 is 0.636 bits per heavy atom. The van der Waals surface area contributed by atoms with Crippen LogP contribution in [0.25, 0.3) is 0 Å². The van der Waals surface area contributed by atoms with Crippen LogP contribution in [0.3, 0.4) is 0 Å². The Bertz CT molecular complexity index is 234. The predicted octanol–water partition coefficient (Wildman–Crippen LogP) is 6.65. The van der Waals surface area contributed by atoms with Crippen molar-refractivity contribution in [2.45, 2.75) is 110 Å². The molecule has 0 saturated heterocycles. The van der Waals surface area contributed by atoms with Crippen LogP contribution in [0.5, 0.6) is 0 Å². The lowest BCUT2D eigenvalue weighted by Gasteiger charge is -2.03. The lowest BCUT2D eigenvalue weighted by atomic mass is 10.0. The molecular formula is C18H39O3P. The molecule has 1 atom stereocenters. The van der Waals surface area contributed by atoms with E-state index in [1.54, 1.807) is 0 Å². The zero-order chi connectivity index (χ0) is 16.3. The summed E-state index contributed by atoms with van der Waals surface area (Å²) in [5.41, 5.74) is 0. The molecule has 0 spiro atoms. The average Bonchev–Trinajstić information content (AvgIpc) is 2.50. The molecule has 3 nitrogen and oxygen atoms in total. The number of hydrogen-bond acceptors (Lipinski definition) is 2. The van der Waals surface area contributed by atoms with Crippen LogP contribution in [0.2, 0.25) is 0 Å². The summed E-state index contributed by atoms with van der Waals surface area (Å²) in [7, 11) is -2.70. The Morgan fingerprint density at radius 2 is 0.955 bits per heavy atom. The molecule has 1 unspecified atom stereocenters. The van der Waals surface area contributed by atoms with Crippen LogP contribution >= 0.6 is 8.25 Å². The minimum absolute atomic E-state index is 0.437. The fraction of sp³-hybridized carbons (Fsp3) is 1.00. The van der Waals surface area contributed by atoms with Crippen LogP contribution < -0.4 is 0 Å². The lowest BCUT2D eigenvalue weighted by Crippen LogP contribution is -1.87. The lowest BCUT2D eigenvalue weighted by molar-refractivity contribution is 0.273. The second-order valence-corrected chi connectivity index (χ2v) is 7.24. The number of rotatable bonds is 18. The molecule has 22 heavy (non-hydrogen) atoms. The first kappa shape index (κ1) is 22.1. The van der Waals surface area contributed by atoms with Gasteiger partial charge in [0.15, 0.2) is 0 Å². The smallest absolute Gasteiger partial charge is 0.316 e. The zero-order valence-corrected chi connectivity index (χ0v) is 15.8. The fourth-order valence-corrected chi connectivity index (χ4v) is 3.13. The summed E-state index contributed by atoms with van der Waals surface area (Å²) in [6.07, 6.45) is 21.4. The van der Waals surface area contributed by atoms with Gasteiger partial charge in [0.1, 0.15) is 0 Å². The Morgan fingerprint density at radius 3 is 1.27 bits per heavy atom. The molecular weight excluding hydrogens is 295 g/mol. The first-order valence-electron chi connectivity index (χ1n) is 9.63. The van der Waals surface area contributed by atoms with E-state index in [4.69, 9.17) is 4.89 Å². The molecule has 0 amide bonds. The van der Waals surface area contributed by atoms with Crippen molar-refractivity contribution in [1.82, 2.24) is 0 Å². The normalized spacial score (nSPS) is 12.6. The Balaban J connectivity index is 2.95. The molecule has 4 heteroatoms. The van der Waals surface area contributed by atoms with E-state index >= 15 is 0 Å². The average molecular weight is 334 g/mol. The molecule has 0 aromatic rings. The molecule has 0 aromatic carbocycles. The van der Waals surface area contributed by atoms with E-state index in [1.807, 2.05) is 0 Å². The van der Waals surface area contributed by atoms with Crippen molar-refractivity contribution in [3.63, 3.8) is 0 Å². The van der Waals surface area contributed by atoms with Crippen molar-refractivity contribution in [2.75, 3.05) is 6.61 Å². The SMILES string of the molecule is CCCCCCCCCCCCCCCCCCO[PH](=O)O. The van der Waals surface area contributed by atoms with Crippen LogP contribution in [0.15, 0.2) is 0 Å². The van der Waals surface area contributed by atoms with E-state index in [0.29, 0.717) is 6.61 Å². The van der Waals surface area contributed by atoms with Gasteiger partial charge in [0, 0.05) is 0 Å². The maximum atomic E-state index is 10.3. The third-order valence-corrected chi connectivity index (χ3v) is 4.67. The topological polar surface area (TPSA) is 46.5 Å². The van der Waals surface area contributed by atoms with Crippen LogP contribution in [0.4, 0.5) is 0 Å². The summed E-state index contributed by atoms with van der Waals surface area (Å²) >= 11 is 0. The fourth-order valence-electron chi connectivity index (χ4n) is 2.81. The highest BCUT2D eigenvalue weighted by molar-refractivity contribution is 7.32. The standard InChI is InChI=1S/C18H39O3P/c1-2-3-4-5-6-7-8-9-10-11-12-13-14-15-16-17-18-21-22(19)20/h22H,2-18H2,1H3,(H,19,20). The summed E-state index contributed by atoms with van der Waals surface area (Å²) < 4.78 is 15.0. The molecule has 0 bridgehead atoms. The van der Waals surface area contributed by atoms with Crippen LogP contribution in [0, 0.1) is 0 Å². The molecule has 1 N–H and O–H groups in total. The molecule has 134 valence electrons. The highest BCUT2D eigenvalue weighted by atomic mass is 31.1. The minimum Gasteiger partial charge on any atom is -0.326 e. The molecule has 0 aliphatic heterocycles. The van der Waals surface area contributed by atoms with Crippen molar-refractivity contribution in [2.24, 2.45) is 0 Å². The van der Waals surface area contributed by atoms with Gasteiger partial charge in [0.25, 0.3) is 0 Å². The van der Waals surface area contributed by atoms with E-state index < -0.39 is 8.25 Å². The van der Waals surface area contributed by atoms with Crippen LogP contribution in [-0.4, -0.2) is 11.5 Å². The summed E-state index contributed by atoms with van der Waals surface area (Å²) in [6.45, 7) is 2.71. The maximum Gasteiger partial charge on any atom is 0.316 e. The van der Waals surface area contributed by atoms with Gasteiger partial charge in [0.2, 0.25) is 0 Å². The summed E-state index contributed by atoms with van der Waals surface area (Å²) in [6, 6.07) is 0. The summed E-state index contributed by atoms with van der Waals surface area (Å²) in [5, 5.41) is 0. The molecule has 0 heterocycles. The van der Waals surface area contributed by atoms with Gasteiger partial charge in [-0.05, 0) is 6.42 Å². The van der Waals surface area contributed by atoms with Gasteiger partial charge in [0.05, 0.1) is 6.61 Å². The first-order valence-corrected chi connectivity index (χ1v) is 10.9. The summed E-state index contributed by atoms with van der Waals surface area (Å²) in [4.78, 5) is 8.50. The van der Waals surface area contributed by atoms with Gasteiger partial charge in [-0.1, -0.05) is 103 Å². The first-order chi connectivity index (χ1) is 10.8. The van der Waals surface area contributed by atoms with Crippen molar-refractivity contribution in [1.29, 1.82) is 0 Å². The maximum absolute atomic E-state index is 10.3. The van der Waals surface area contributed by atoms with E-state index in [2.05, 4.69) is 11.4 Å². The number of unbranched alkanes of at least 4 members (excludes halogenated alkanes) is 15. The molecule has 0 aliphatic carbocycles. The van der Waals surface area contributed by atoms with Crippen molar-refractivity contribution < 1.29 is 14.0 Å². The summed E-state index contributed by atoms with van der Waals surface area (Å²) in [5.74, 6) is 0. The third kappa shape index (κ3) is 20.1. The Hall–Kier alpha value is 0.150. The predicted molar refractivity (Wildman–Crippen MR) is 96.7 cm³/mol. The molecule has 0 aromatic heterocycles. The van der Waals surface area contributed by atoms with Gasteiger partial charge in [-0.25, -0.2) is 0 Å². The van der Waals surface area contributed by atoms with Gasteiger partial charge in [-0.3, -0.25) is 4.57 Å². The van der Waals surface area contributed by atoms with Crippen molar-refractivity contribution in [3.05, 3.63) is 0 Å². The van der Waals surface area contributed by atoms with Gasteiger partial charge in [-0.15, -0.1) is 0 Å². The minimum atomic E-state index is -2.70. The highest BCUT2D eigenvalue weighted by Crippen LogP contribution is 2.16. The van der Waals surface area contributed by atoms with Crippen LogP contribution in [0.1, 0.15) is 110 Å². The van der Waals surface area contributed by atoms with Crippen molar-refractivity contribution >= 4 is 8.25 Å². The van der Waals surface area contributed by atoms with E-state index in [9.17, 15) is 4.57 Å². The molecule has 0 fully saturated rings. The Kier molecular flexibility index (Phi) is 19.3. The Labute approximate surface area is 139 Å². The van der Waals surface area contributed by atoms with Gasteiger partial charge < -0.3 is 9.42 Å². The van der Waals surface area contributed by atoms with E-state index in [0.717, 1.165) is 12.8 Å². The van der Waals surface area contributed by atoms with Crippen molar-refractivity contribution in [3.8, 4) is 0 Å². The molecule has 0 radical (unpaired) electrons. The molecule has 0 aliphatic rings. The van der Waals surface area contributed by atoms with Gasteiger partial charge >= 0.3 is 8.25 Å². The quantitative estimate of drug-likeness (QED) is 0.225. The second-order valence-electron chi connectivity index (χ2n) is 6.42. The monoisotopic (exact) mass is 334 g/mol. The number of hydrogen-bond donors (Lipinski definition) is 1. The second kappa shape index (κ2) is 19.2.